The zero-order valence-corrected chi connectivity index (χ0v) is 11.7. The Kier molecular flexibility index (Phi) is 2.76. The summed E-state index contributed by atoms with van der Waals surface area (Å²) in [5.41, 5.74) is 1.68. The molecular formula is C16H16FN3O. The number of rotatable bonds is 2. The Morgan fingerprint density at radius 1 is 1.52 bits per heavy atom. The first-order valence-corrected chi connectivity index (χ1v) is 7.38. The predicted octanol–water partition coefficient (Wildman–Crippen LogP) is 3.01. The van der Waals surface area contributed by atoms with Gasteiger partial charge in [-0.25, -0.2) is 9.37 Å². The lowest BCUT2D eigenvalue weighted by Crippen LogP contribution is -2.25. The molecular weight excluding hydrogens is 269 g/mol. The number of ether oxygens (including phenoxy) is 1. The molecule has 0 amide bonds. The molecule has 0 N–H and O–H groups in total. The molecule has 0 radical (unpaired) electrons. The predicted molar refractivity (Wildman–Crippen MR) is 75.0 cm³/mol. The van der Waals surface area contributed by atoms with E-state index in [1.807, 2.05) is 10.6 Å². The molecule has 0 unspecified atom stereocenters. The van der Waals surface area contributed by atoms with E-state index in [1.165, 1.54) is 25.3 Å². The van der Waals surface area contributed by atoms with E-state index < -0.39 is 5.82 Å². The Morgan fingerprint density at radius 2 is 2.38 bits per heavy atom. The number of hydrogen-bond acceptors (Lipinski definition) is 3. The van der Waals surface area contributed by atoms with E-state index >= 15 is 0 Å². The number of halogens is 1. The van der Waals surface area contributed by atoms with Crippen molar-refractivity contribution < 1.29 is 9.13 Å². The lowest BCUT2D eigenvalue weighted by atomic mass is 9.81. The molecule has 1 aromatic carbocycles. The molecule has 2 atom stereocenters. The van der Waals surface area contributed by atoms with E-state index in [2.05, 4.69) is 4.98 Å². The van der Waals surface area contributed by atoms with E-state index in [0.29, 0.717) is 11.4 Å². The highest BCUT2D eigenvalue weighted by molar-refractivity contribution is 5.77. The molecule has 1 saturated carbocycles. The molecule has 2 heterocycles. The van der Waals surface area contributed by atoms with Crippen molar-refractivity contribution in [2.24, 2.45) is 5.92 Å². The van der Waals surface area contributed by atoms with Gasteiger partial charge in [0.2, 0.25) is 0 Å². The zero-order valence-electron chi connectivity index (χ0n) is 11.7. The minimum Gasteiger partial charge on any atom is -0.370 e. The molecule has 2 fully saturated rings. The number of hydrogen-bond donors (Lipinski definition) is 0. The fourth-order valence-electron chi connectivity index (χ4n) is 3.55. The van der Waals surface area contributed by atoms with Crippen molar-refractivity contribution in [2.45, 2.75) is 37.8 Å². The Hall–Kier alpha value is -1.93. The third-order valence-corrected chi connectivity index (χ3v) is 4.74. The highest BCUT2D eigenvalue weighted by Crippen LogP contribution is 2.44. The Bertz CT molecular complexity index is 742. The number of nitrogens with zero attached hydrogens (tertiary/aromatic N) is 3. The fraction of sp³-hybridized carbons (Fsp3) is 0.500. The van der Waals surface area contributed by atoms with Gasteiger partial charge < -0.3 is 9.30 Å². The molecule has 2 aliphatic rings. The molecule has 1 aromatic heterocycles. The van der Waals surface area contributed by atoms with Gasteiger partial charge in [0.05, 0.1) is 35.1 Å². The normalized spacial score (nSPS) is 27.9. The lowest BCUT2D eigenvalue weighted by Gasteiger charge is -2.27. The minimum absolute atomic E-state index is 0.0786. The summed E-state index contributed by atoms with van der Waals surface area (Å²) in [4.78, 5) is 4.25. The van der Waals surface area contributed by atoms with E-state index in [0.717, 1.165) is 25.1 Å². The quantitative estimate of drug-likeness (QED) is 0.797. The van der Waals surface area contributed by atoms with Crippen LogP contribution >= 0.6 is 0 Å². The molecule has 1 aliphatic heterocycles. The van der Waals surface area contributed by atoms with E-state index in [1.54, 1.807) is 12.4 Å². The summed E-state index contributed by atoms with van der Waals surface area (Å²) < 4.78 is 21.3. The highest BCUT2D eigenvalue weighted by atomic mass is 19.1. The van der Waals surface area contributed by atoms with Crippen LogP contribution in [-0.4, -0.2) is 21.8 Å². The van der Waals surface area contributed by atoms with Crippen molar-refractivity contribution in [2.75, 3.05) is 6.61 Å². The van der Waals surface area contributed by atoms with Crippen LogP contribution < -0.4 is 0 Å². The molecule has 4 nitrogen and oxygen atoms in total. The van der Waals surface area contributed by atoms with Crippen LogP contribution in [0.15, 0.2) is 18.5 Å². The number of epoxide rings is 1. The van der Waals surface area contributed by atoms with Crippen LogP contribution in [0.5, 0.6) is 0 Å². The summed E-state index contributed by atoms with van der Waals surface area (Å²) in [5, 5.41) is 8.97. The van der Waals surface area contributed by atoms with Gasteiger partial charge in [0.15, 0.2) is 0 Å². The Labute approximate surface area is 122 Å². The summed E-state index contributed by atoms with van der Waals surface area (Å²) in [6, 6.07) is 4.84. The Morgan fingerprint density at radius 3 is 3.14 bits per heavy atom. The second-order valence-corrected chi connectivity index (χ2v) is 6.26. The maximum atomic E-state index is 13.6. The van der Waals surface area contributed by atoms with Gasteiger partial charge in [0, 0.05) is 12.6 Å². The highest BCUT2D eigenvalue weighted by Gasteiger charge is 2.47. The second-order valence-electron chi connectivity index (χ2n) is 6.26. The van der Waals surface area contributed by atoms with Crippen LogP contribution in [0.25, 0.3) is 11.0 Å². The van der Waals surface area contributed by atoms with E-state index in [4.69, 9.17) is 10.00 Å². The molecule has 21 heavy (non-hydrogen) atoms. The van der Waals surface area contributed by atoms with Crippen LogP contribution in [0.4, 0.5) is 4.39 Å². The van der Waals surface area contributed by atoms with Crippen molar-refractivity contribution in [1.29, 1.82) is 5.26 Å². The average molecular weight is 285 g/mol. The van der Waals surface area contributed by atoms with Gasteiger partial charge in [-0.2, -0.15) is 5.26 Å². The molecule has 108 valence electrons. The van der Waals surface area contributed by atoms with Crippen LogP contribution in [0.2, 0.25) is 0 Å². The summed E-state index contributed by atoms with van der Waals surface area (Å²) in [5.74, 6) is 0.0625. The molecule has 0 bridgehead atoms. The van der Waals surface area contributed by atoms with Gasteiger partial charge in [0.1, 0.15) is 11.9 Å². The number of fused-ring (bicyclic) bond motifs is 1. The number of benzene rings is 1. The standard InChI is InChI=1S/C16H16FN3O/c17-13-5-14-15(4-12(13)7-18)20(10-19-14)8-11-2-1-3-16(6-11)9-21-16/h4-5,10-11H,1-3,6,8-9H2/t11-,16-/m0/s1. The van der Waals surface area contributed by atoms with Gasteiger partial charge in [-0.1, -0.05) is 6.42 Å². The molecule has 1 spiro atoms. The largest absolute Gasteiger partial charge is 0.370 e. The lowest BCUT2D eigenvalue weighted by molar-refractivity contribution is 0.179. The third kappa shape index (κ3) is 2.20. The first-order valence-electron chi connectivity index (χ1n) is 7.38. The van der Waals surface area contributed by atoms with Gasteiger partial charge in [-0.15, -0.1) is 0 Å². The van der Waals surface area contributed by atoms with Crippen LogP contribution in [-0.2, 0) is 11.3 Å². The van der Waals surface area contributed by atoms with Crippen molar-refractivity contribution >= 4 is 11.0 Å². The summed E-state index contributed by atoms with van der Waals surface area (Å²) in [6.07, 6.45) is 6.42. The second kappa shape index (κ2) is 4.54. The van der Waals surface area contributed by atoms with E-state index in [-0.39, 0.29) is 11.2 Å². The molecule has 1 saturated heterocycles. The smallest absolute Gasteiger partial charge is 0.143 e. The van der Waals surface area contributed by atoms with Gasteiger partial charge in [0.25, 0.3) is 0 Å². The number of nitriles is 1. The van der Waals surface area contributed by atoms with Gasteiger partial charge >= 0.3 is 0 Å². The first-order chi connectivity index (χ1) is 10.2. The summed E-state index contributed by atoms with van der Waals surface area (Å²) in [7, 11) is 0. The maximum absolute atomic E-state index is 13.6. The Balaban J connectivity index is 1.63. The average Bonchev–Trinajstić information content (AvgIpc) is 3.11. The van der Waals surface area contributed by atoms with E-state index in [9.17, 15) is 4.39 Å². The SMILES string of the molecule is N#Cc1cc2c(cc1F)ncn2C[C@H]1CCC[C@@]2(CO2)C1. The summed E-state index contributed by atoms with van der Waals surface area (Å²) >= 11 is 0. The van der Waals surface area contributed by atoms with Crippen molar-refractivity contribution in [3.63, 3.8) is 0 Å². The zero-order chi connectivity index (χ0) is 14.4. The molecule has 5 heteroatoms. The fourth-order valence-corrected chi connectivity index (χ4v) is 3.55. The van der Waals surface area contributed by atoms with Crippen molar-refractivity contribution in [3.8, 4) is 6.07 Å². The van der Waals surface area contributed by atoms with Crippen molar-refractivity contribution in [3.05, 3.63) is 29.8 Å². The van der Waals surface area contributed by atoms with Crippen LogP contribution in [0, 0.1) is 23.1 Å². The van der Waals surface area contributed by atoms with Gasteiger partial charge in [-0.05, 0) is 31.2 Å². The first kappa shape index (κ1) is 12.8. The molecule has 4 rings (SSSR count). The van der Waals surface area contributed by atoms with Crippen LogP contribution in [0.3, 0.4) is 0 Å². The van der Waals surface area contributed by atoms with Crippen LogP contribution in [0.1, 0.15) is 31.2 Å². The topological polar surface area (TPSA) is 54.1 Å². The minimum atomic E-state index is -0.502. The third-order valence-electron chi connectivity index (χ3n) is 4.74. The number of imidazole rings is 1. The number of aromatic nitrogens is 2. The maximum Gasteiger partial charge on any atom is 0.143 e. The van der Waals surface area contributed by atoms with Crippen molar-refractivity contribution in [1.82, 2.24) is 9.55 Å². The molecule has 1 aliphatic carbocycles. The monoisotopic (exact) mass is 285 g/mol. The van der Waals surface area contributed by atoms with Gasteiger partial charge in [-0.3, -0.25) is 0 Å². The summed E-state index contributed by atoms with van der Waals surface area (Å²) in [6.45, 7) is 1.76. The molecule has 2 aromatic rings.